The second-order valence-corrected chi connectivity index (χ2v) is 5.18. The topological polar surface area (TPSA) is 120 Å². The number of carbonyl (C=O) groups is 1. The summed E-state index contributed by atoms with van der Waals surface area (Å²) in [6.45, 7) is 2.11. The third kappa shape index (κ3) is 3.72. The van der Waals surface area contributed by atoms with Crippen LogP contribution in [-0.4, -0.2) is 25.9 Å². The van der Waals surface area contributed by atoms with E-state index in [4.69, 9.17) is 10.3 Å². The Kier molecular flexibility index (Phi) is 4.46. The van der Waals surface area contributed by atoms with Gasteiger partial charge < -0.3 is 15.6 Å². The fourth-order valence-corrected chi connectivity index (χ4v) is 2.16. The molecule has 0 bridgehead atoms. The zero-order valence-electron chi connectivity index (χ0n) is 13.1. The molecule has 0 spiro atoms. The number of ketones is 1. The van der Waals surface area contributed by atoms with Gasteiger partial charge in [-0.2, -0.15) is 4.98 Å². The highest BCUT2D eigenvalue weighted by atomic mass is 16.5. The monoisotopic (exact) mass is 324 g/mol. The summed E-state index contributed by atoms with van der Waals surface area (Å²) in [6, 6.07) is 7.28. The molecule has 0 saturated carbocycles. The van der Waals surface area contributed by atoms with Gasteiger partial charge in [0.05, 0.1) is 17.9 Å². The van der Waals surface area contributed by atoms with Gasteiger partial charge in [-0.05, 0) is 29.8 Å². The Morgan fingerprint density at radius 3 is 2.92 bits per heavy atom. The zero-order chi connectivity index (χ0) is 16.9. The highest BCUT2D eigenvalue weighted by Gasteiger charge is 2.14. The van der Waals surface area contributed by atoms with Gasteiger partial charge in [0.25, 0.3) is 0 Å². The molecule has 0 radical (unpaired) electrons. The average Bonchev–Trinajstić information content (AvgIpc) is 3.01. The van der Waals surface area contributed by atoms with Gasteiger partial charge in [0.1, 0.15) is 5.82 Å². The normalized spacial score (nSPS) is 10.5. The summed E-state index contributed by atoms with van der Waals surface area (Å²) in [7, 11) is 0. The number of aromatic nitrogens is 4. The van der Waals surface area contributed by atoms with Gasteiger partial charge in [0.15, 0.2) is 0 Å². The smallest absolute Gasteiger partial charge is 0.238 e. The average molecular weight is 324 g/mol. The van der Waals surface area contributed by atoms with E-state index in [0.717, 1.165) is 16.9 Å². The summed E-state index contributed by atoms with van der Waals surface area (Å²) in [5.74, 6) is 0.684. The van der Waals surface area contributed by atoms with E-state index in [0.29, 0.717) is 18.3 Å². The van der Waals surface area contributed by atoms with Crippen molar-refractivity contribution in [1.29, 1.82) is 0 Å². The Labute approximate surface area is 138 Å². The lowest BCUT2D eigenvalue weighted by Crippen LogP contribution is -2.08. The molecule has 0 atom stereocenters. The van der Waals surface area contributed by atoms with Crippen LogP contribution >= 0.6 is 0 Å². The van der Waals surface area contributed by atoms with Crippen molar-refractivity contribution in [1.82, 2.24) is 20.1 Å². The number of Topliss-reactive ketones (excluding diaryl/α,β-unsaturated/α-hetero) is 1. The fourth-order valence-electron chi connectivity index (χ4n) is 2.16. The van der Waals surface area contributed by atoms with Gasteiger partial charge >= 0.3 is 0 Å². The van der Waals surface area contributed by atoms with E-state index >= 15 is 0 Å². The first-order valence-corrected chi connectivity index (χ1v) is 7.33. The Hall–Kier alpha value is -3.29. The van der Waals surface area contributed by atoms with Crippen LogP contribution in [0.3, 0.4) is 0 Å². The number of anilines is 2. The van der Waals surface area contributed by atoms with Gasteiger partial charge in [0.2, 0.25) is 17.5 Å². The highest BCUT2D eigenvalue weighted by Crippen LogP contribution is 2.15. The zero-order valence-corrected chi connectivity index (χ0v) is 13.1. The molecule has 0 aromatic carbocycles. The third-order valence-electron chi connectivity index (χ3n) is 3.32. The first kappa shape index (κ1) is 15.6. The van der Waals surface area contributed by atoms with Crippen LogP contribution in [0.15, 0.2) is 41.2 Å². The largest absolute Gasteiger partial charge is 0.382 e. The Morgan fingerprint density at radius 2 is 2.17 bits per heavy atom. The van der Waals surface area contributed by atoms with Crippen molar-refractivity contribution in [3.63, 3.8) is 0 Å². The predicted octanol–water partition coefficient (Wildman–Crippen LogP) is 1.79. The number of pyridine rings is 2. The molecule has 3 aromatic rings. The standard InChI is InChI=1S/C16H16N6O2/c1-10-21-16(22-24-10)14(23)8-11-4-6-18-12(7-11)9-20-13-3-2-5-19-15(13)17/h2-7,20H,8-9H2,1H3,(H2,17,19). The lowest BCUT2D eigenvalue weighted by molar-refractivity contribution is 0.0980. The van der Waals surface area contributed by atoms with E-state index in [2.05, 4.69) is 25.4 Å². The van der Waals surface area contributed by atoms with Gasteiger partial charge in [-0.25, -0.2) is 4.98 Å². The molecule has 8 nitrogen and oxygen atoms in total. The summed E-state index contributed by atoms with van der Waals surface area (Å²) in [6.07, 6.45) is 3.47. The molecule has 0 aliphatic heterocycles. The number of rotatable bonds is 6. The van der Waals surface area contributed by atoms with Crippen molar-refractivity contribution in [2.75, 3.05) is 11.1 Å². The lowest BCUT2D eigenvalue weighted by Gasteiger charge is -2.08. The van der Waals surface area contributed by atoms with Crippen LogP contribution in [0.1, 0.15) is 27.8 Å². The number of carbonyl (C=O) groups excluding carboxylic acids is 1. The summed E-state index contributed by atoms with van der Waals surface area (Å²) < 4.78 is 4.82. The molecular formula is C16H16N6O2. The Morgan fingerprint density at radius 1 is 1.29 bits per heavy atom. The molecule has 0 amide bonds. The van der Waals surface area contributed by atoms with Crippen LogP contribution in [0, 0.1) is 6.92 Å². The van der Waals surface area contributed by atoms with Gasteiger partial charge in [-0.3, -0.25) is 9.78 Å². The minimum atomic E-state index is -0.200. The second kappa shape index (κ2) is 6.86. The quantitative estimate of drug-likeness (QED) is 0.658. The van der Waals surface area contributed by atoms with Gasteiger partial charge in [-0.1, -0.05) is 5.16 Å². The second-order valence-electron chi connectivity index (χ2n) is 5.18. The van der Waals surface area contributed by atoms with Crippen molar-refractivity contribution in [3.05, 3.63) is 59.6 Å². The summed E-state index contributed by atoms with van der Waals surface area (Å²) in [5, 5.41) is 6.81. The molecule has 24 heavy (non-hydrogen) atoms. The number of hydrogen-bond acceptors (Lipinski definition) is 8. The van der Waals surface area contributed by atoms with E-state index in [1.54, 1.807) is 31.5 Å². The molecule has 0 fully saturated rings. The minimum absolute atomic E-state index is 0.0899. The number of aryl methyl sites for hydroxylation is 1. The number of nitrogens with one attached hydrogen (secondary N) is 1. The third-order valence-corrected chi connectivity index (χ3v) is 3.32. The molecule has 8 heteroatoms. The number of nitrogen functional groups attached to an aromatic ring is 1. The maximum Gasteiger partial charge on any atom is 0.238 e. The maximum atomic E-state index is 12.1. The van der Waals surface area contributed by atoms with Crippen LogP contribution in [0.25, 0.3) is 0 Å². The number of hydrogen-bond donors (Lipinski definition) is 2. The van der Waals surface area contributed by atoms with Crippen LogP contribution in [0.5, 0.6) is 0 Å². The van der Waals surface area contributed by atoms with Crippen molar-refractivity contribution in [2.45, 2.75) is 19.9 Å². The van der Waals surface area contributed by atoms with E-state index in [1.807, 2.05) is 12.1 Å². The molecule has 0 saturated heterocycles. The summed E-state index contributed by atoms with van der Waals surface area (Å²) in [4.78, 5) is 24.4. The molecule has 122 valence electrons. The molecule has 0 aliphatic carbocycles. The lowest BCUT2D eigenvalue weighted by atomic mass is 10.1. The minimum Gasteiger partial charge on any atom is -0.382 e. The van der Waals surface area contributed by atoms with Crippen molar-refractivity contribution in [2.24, 2.45) is 0 Å². The molecule has 0 unspecified atom stereocenters. The molecule has 0 aliphatic rings. The molecule has 3 N–H and O–H groups in total. The van der Waals surface area contributed by atoms with Crippen molar-refractivity contribution < 1.29 is 9.32 Å². The van der Waals surface area contributed by atoms with E-state index in [1.165, 1.54) is 0 Å². The summed E-state index contributed by atoms with van der Waals surface area (Å²) >= 11 is 0. The maximum absolute atomic E-state index is 12.1. The van der Waals surface area contributed by atoms with Crippen molar-refractivity contribution >= 4 is 17.3 Å². The SMILES string of the molecule is Cc1nc(C(=O)Cc2ccnc(CNc3cccnc3N)c2)no1. The first-order chi connectivity index (χ1) is 11.6. The van der Waals surface area contributed by atoms with Gasteiger partial charge in [-0.15, -0.1) is 0 Å². The first-order valence-electron chi connectivity index (χ1n) is 7.33. The van der Waals surface area contributed by atoms with Crippen LogP contribution in [0.2, 0.25) is 0 Å². The summed E-state index contributed by atoms with van der Waals surface area (Å²) in [5.41, 5.74) is 8.14. The van der Waals surface area contributed by atoms with Crippen LogP contribution in [0.4, 0.5) is 11.5 Å². The Bertz CT molecular complexity index is 861. The highest BCUT2D eigenvalue weighted by molar-refractivity contribution is 5.93. The molecule has 3 heterocycles. The predicted molar refractivity (Wildman–Crippen MR) is 87.3 cm³/mol. The molecular weight excluding hydrogens is 308 g/mol. The molecule has 3 aromatic heterocycles. The van der Waals surface area contributed by atoms with Crippen molar-refractivity contribution in [3.8, 4) is 0 Å². The number of nitrogens with two attached hydrogens (primary N) is 1. The fraction of sp³-hybridized carbons (Fsp3) is 0.188. The van der Waals surface area contributed by atoms with E-state index in [9.17, 15) is 4.79 Å². The molecule has 3 rings (SSSR count). The van der Waals surface area contributed by atoms with E-state index < -0.39 is 0 Å². The van der Waals surface area contributed by atoms with E-state index in [-0.39, 0.29) is 18.0 Å². The number of nitrogens with zero attached hydrogens (tertiary/aromatic N) is 4. The van der Waals surface area contributed by atoms with Crippen LogP contribution in [-0.2, 0) is 13.0 Å². The van der Waals surface area contributed by atoms with Gasteiger partial charge in [0, 0.05) is 25.7 Å². The Balaban J connectivity index is 1.66. The van der Waals surface area contributed by atoms with Crippen LogP contribution < -0.4 is 11.1 Å².